The first kappa shape index (κ1) is 7.79. The minimum absolute atomic E-state index is 0.393. The van der Waals surface area contributed by atoms with Gasteiger partial charge in [0.15, 0.2) is 0 Å². The number of ether oxygens (including phenoxy) is 1. The molecule has 0 spiro atoms. The van der Waals surface area contributed by atoms with Gasteiger partial charge in [-0.25, -0.2) is 9.78 Å². The van der Waals surface area contributed by atoms with Crippen molar-refractivity contribution in [2.45, 2.75) is 0 Å². The Kier molecular flexibility index (Phi) is 1.73. The summed E-state index contributed by atoms with van der Waals surface area (Å²) in [6.07, 6.45) is 2.95. The van der Waals surface area contributed by atoms with Crippen LogP contribution in [-0.2, 0) is 4.74 Å². The van der Waals surface area contributed by atoms with E-state index in [0.29, 0.717) is 11.3 Å². The van der Waals surface area contributed by atoms with Crippen LogP contribution in [0.15, 0.2) is 29.0 Å². The topological polar surface area (TPSA) is 52.3 Å². The molecule has 0 aromatic carbocycles. The van der Waals surface area contributed by atoms with Gasteiger partial charge in [0.05, 0.1) is 18.9 Å². The van der Waals surface area contributed by atoms with Crippen LogP contribution in [-0.4, -0.2) is 18.1 Å². The summed E-state index contributed by atoms with van der Waals surface area (Å²) in [4.78, 5) is 15.0. The summed E-state index contributed by atoms with van der Waals surface area (Å²) in [7, 11) is 1.34. The summed E-state index contributed by atoms with van der Waals surface area (Å²) >= 11 is 0. The first-order chi connectivity index (χ1) is 6.31. The number of esters is 1. The van der Waals surface area contributed by atoms with Gasteiger partial charge in [-0.3, -0.25) is 0 Å². The van der Waals surface area contributed by atoms with E-state index in [9.17, 15) is 4.79 Å². The molecule has 0 bridgehead atoms. The predicted octanol–water partition coefficient (Wildman–Crippen LogP) is 1.61. The lowest BCUT2D eigenvalue weighted by atomic mass is 10.2. The van der Waals surface area contributed by atoms with Crippen LogP contribution in [0, 0.1) is 0 Å². The third-order valence-electron chi connectivity index (χ3n) is 1.73. The Morgan fingerprint density at radius 3 is 3.23 bits per heavy atom. The lowest BCUT2D eigenvalue weighted by Crippen LogP contribution is -2.00. The van der Waals surface area contributed by atoms with Gasteiger partial charge < -0.3 is 9.15 Å². The molecule has 66 valence electrons. The fourth-order valence-corrected chi connectivity index (χ4v) is 1.09. The standard InChI is InChI=1S/C9H7NO3/c1-12-9(11)7-4-6-2-3-13-8(6)10-5-7/h2-5H,1H3. The van der Waals surface area contributed by atoms with E-state index in [2.05, 4.69) is 9.72 Å². The monoisotopic (exact) mass is 177 g/mol. The van der Waals surface area contributed by atoms with E-state index in [1.165, 1.54) is 19.6 Å². The SMILES string of the molecule is COC(=O)c1cnc2occc2c1. The molecule has 0 radical (unpaired) electrons. The first-order valence-electron chi connectivity index (χ1n) is 3.73. The molecule has 2 rings (SSSR count). The summed E-state index contributed by atoms with van der Waals surface area (Å²) in [6, 6.07) is 3.42. The van der Waals surface area contributed by atoms with Crippen molar-refractivity contribution >= 4 is 17.1 Å². The molecular formula is C9H7NO3. The van der Waals surface area contributed by atoms with Crippen molar-refractivity contribution in [3.8, 4) is 0 Å². The minimum atomic E-state index is -0.393. The molecule has 2 aromatic heterocycles. The van der Waals surface area contributed by atoms with Crippen molar-refractivity contribution in [2.75, 3.05) is 7.11 Å². The Labute approximate surface area is 74.1 Å². The fourth-order valence-electron chi connectivity index (χ4n) is 1.09. The Hall–Kier alpha value is -1.84. The summed E-state index contributed by atoms with van der Waals surface area (Å²) in [6.45, 7) is 0. The van der Waals surface area contributed by atoms with Crippen molar-refractivity contribution in [2.24, 2.45) is 0 Å². The van der Waals surface area contributed by atoms with Crippen LogP contribution < -0.4 is 0 Å². The maximum atomic E-state index is 11.1. The number of carbonyl (C=O) groups is 1. The van der Waals surface area contributed by atoms with Crippen LogP contribution in [0.5, 0.6) is 0 Å². The predicted molar refractivity (Wildman–Crippen MR) is 45.3 cm³/mol. The molecule has 0 amide bonds. The van der Waals surface area contributed by atoms with Crippen molar-refractivity contribution in [1.82, 2.24) is 4.98 Å². The Morgan fingerprint density at radius 2 is 2.46 bits per heavy atom. The van der Waals surface area contributed by atoms with Gasteiger partial charge >= 0.3 is 5.97 Å². The molecule has 0 saturated heterocycles. The van der Waals surface area contributed by atoms with E-state index in [0.717, 1.165) is 5.39 Å². The van der Waals surface area contributed by atoms with Gasteiger partial charge in [0, 0.05) is 11.6 Å². The van der Waals surface area contributed by atoms with E-state index in [4.69, 9.17) is 4.42 Å². The highest BCUT2D eigenvalue weighted by Gasteiger charge is 2.07. The number of nitrogens with zero attached hydrogens (tertiary/aromatic N) is 1. The lowest BCUT2D eigenvalue weighted by Gasteiger charge is -1.96. The van der Waals surface area contributed by atoms with E-state index >= 15 is 0 Å². The maximum absolute atomic E-state index is 11.1. The van der Waals surface area contributed by atoms with Crippen molar-refractivity contribution in [3.05, 3.63) is 30.2 Å². The third kappa shape index (κ3) is 1.26. The second kappa shape index (κ2) is 2.90. The summed E-state index contributed by atoms with van der Waals surface area (Å²) < 4.78 is 9.58. The van der Waals surface area contributed by atoms with Crippen LogP contribution in [0.1, 0.15) is 10.4 Å². The van der Waals surface area contributed by atoms with Crippen molar-refractivity contribution in [3.63, 3.8) is 0 Å². The lowest BCUT2D eigenvalue weighted by molar-refractivity contribution is 0.0600. The molecule has 13 heavy (non-hydrogen) atoms. The molecule has 4 heteroatoms. The normalized spacial score (nSPS) is 10.2. The van der Waals surface area contributed by atoms with Gasteiger partial charge in [-0.2, -0.15) is 0 Å². The Bertz CT molecular complexity index is 447. The van der Waals surface area contributed by atoms with Gasteiger partial charge in [0.25, 0.3) is 0 Å². The quantitative estimate of drug-likeness (QED) is 0.621. The van der Waals surface area contributed by atoms with E-state index in [1.807, 2.05) is 0 Å². The minimum Gasteiger partial charge on any atom is -0.465 e. The van der Waals surface area contributed by atoms with Gasteiger partial charge in [0.1, 0.15) is 0 Å². The zero-order valence-electron chi connectivity index (χ0n) is 6.98. The van der Waals surface area contributed by atoms with Crippen LogP contribution >= 0.6 is 0 Å². The first-order valence-corrected chi connectivity index (χ1v) is 3.73. The zero-order valence-corrected chi connectivity index (χ0v) is 6.98. The Morgan fingerprint density at radius 1 is 1.62 bits per heavy atom. The van der Waals surface area contributed by atoms with Crippen molar-refractivity contribution < 1.29 is 13.9 Å². The Balaban J connectivity index is 2.54. The van der Waals surface area contributed by atoms with Crippen molar-refractivity contribution in [1.29, 1.82) is 0 Å². The fraction of sp³-hybridized carbons (Fsp3) is 0.111. The molecule has 0 saturated carbocycles. The largest absolute Gasteiger partial charge is 0.465 e. The number of aromatic nitrogens is 1. The molecule has 0 aliphatic rings. The second-order valence-electron chi connectivity index (χ2n) is 2.53. The summed E-state index contributed by atoms with van der Waals surface area (Å²) in [5.74, 6) is -0.393. The molecule has 2 aromatic rings. The summed E-state index contributed by atoms with van der Waals surface area (Å²) in [5, 5.41) is 0.794. The number of furan rings is 1. The van der Waals surface area contributed by atoms with Crippen LogP contribution in [0.3, 0.4) is 0 Å². The van der Waals surface area contributed by atoms with Crippen LogP contribution in [0.25, 0.3) is 11.1 Å². The zero-order chi connectivity index (χ0) is 9.26. The third-order valence-corrected chi connectivity index (χ3v) is 1.73. The molecule has 0 aliphatic carbocycles. The molecule has 2 heterocycles. The number of pyridine rings is 1. The smallest absolute Gasteiger partial charge is 0.339 e. The number of carbonyl (C=O) groups excluding carboxylic acids is 1. The second-order valence-corrected chi connectivity index (χ2v) is 2.53. The maximum Gasteiger partial charge on any atom is 0.339 e. The van der Waals surface area contributed by atoms with Gasteiger partial charge in [-0.15, -0.1) is 0 Å². The molecule has 0 N–H and O–H groups in total. The van der Waals surface area contributed by atoms with E-state index in [-0.39, 0.29) is 0 Å². The average Bonchev–Trinajstić information content (AvgIpc) is 2.63. The van der Waals surface area contributed by atoms with Gasteiger partial charge in [-0.05, 0) is 12.1 Å². The molecule has 0 aliphatic heterocycles. The molecular weight excluding hydrogens is 170 g/mol. The average molecular weight is 177 g/mol. The van der Waals surface area contributed by atoms with Gasteiger partial charge in [-0.1, -0.05) is 0 Å². The number of methoxy groups -OCH3 is 1. The van der Waals surface area contributed by atoms with Crippen LogP contribution in [0.4, 0.5) is 0 Å². The van der Waals surface area contributed by atoms with E-state index < -0.39 is 5.97 Å². The molecule has 4 nitrogen and oxygen atoms in total. The van der Waals surface area contributed by atoms with Gasteiger partial charge in [0.2, 0.25) is 5.71 Å². The molecule has 0 fully saturated rings. The number of hydrogen-bond acceptors (Lipinski definition) is 4. The van der Waals surface area contributed by atoms with Crippen LogP contribution in [0.2, 0.25) is 0 Å². The molecule has 0 atom stereocenters. The highest BCUT2D eigenvalue weighted by Crippen LogP contribution is 2.14. The van der Waals surface area contributed by atoms with E-state index in [1.54, 1.807) is 12.1 Å². The number of fused-ring (bicyclic) bond motifs is 1. The number of hydrogen-bond donors (Lipinski definition) is 0. The number of rotatable bonds is 1. The summed E-state index contributed by atoms with van der Waals surface area (Å²) in [5.41, 5.74) is 0.948. The highest BCUT2D eigenvalue weighted by molar-refractivity contribution is 5.92. The highest BCUT2D eigenvalue weighted by atomic mass is 16.5. The molecule has 0 unspecified atom stereocenters.